The quantitative estimate of drug-likeness (QED) is 0.602. The summed E-state index contributed by atoms with van der Waals surface area (Å²) in [6, 6.07) is 5.96. The zero-order valence-corrected chi connectivity index (χ0v) is 13.9. The van der Waals surface area contributed by atoms with E-state index in [0.717, 1.165) is 40.4 Å². The average Bonchev–Trinajstić information content (AvgIpc) is 3.07. The standard InChI is InChI=1S/C17H15N5OS/c1-2-9-5-11(9)17-21-15(22-23-17)10-3-4-12-13(6-10)20-16(19-12)14-7-24-8-18-14/h3-4,6-9,11H,2,5H2,1H3,(H,19,20)/t9-,11-/m1/s1. The van der Waals surface area contributed by atoms with Gasteiger partial charge in [0.15, 0.2) is 5.82 Å². The molecule has 6 nitrogen and oxygen atoms in total. The van der Waals surface area contributed by atoms with E-state index in [9.17, 15) is 0 Å². The number of fused-ring (bicyclic) bond motifs is 1. The predicted molar refractivity (Wildman–Crippen MR) is 91.6 cm³/mol. The highest BCUT2D eigenvalue weighted by molar-refractivity contribution is 7.07. The van der Waals surface area contributed by atoms with Crippen LogP contribution in [0.15, 0.2) is 33.6 Å². The van der Waals surface area contributed by atoms with Gasteiger partial charge >= 0.3 is 0 Å². The molecule has 7 heteroatoms. The van der Waals surface area contributed by atoms with E-state index in [4.69, 9.17) is 4.52 Å². The Kier molecular flexibility index (Phi) is 3.02. The van der Waals surface area contributed by atoms with Crippen LogP contribution in [0, 0.1) is 5.92 Å². The number of rotatable bonds is 4. The van der Waals surface area contributed by atoms with Crippen molar-refractivity contribution in [3.63, 3.8) is 0 Å². The molecule has 1 aliphatic rings. The molecule has 3 aromatic heterocycles. The number of aromatic nitrogens is 5. The maximum absolute atomic E-state index is 5.46. The number of hydrogen-bond acceptors (Lipinski definition) is 6. The highest BCUT2D eigenvalue weighted by Gasteiger charge is 2.41. The SMILES string of the molecule is CC[C@@H]1C[C@H]1c1nc(-c2ccc3nc(-c4cscn4)[nH]c3c2)no1. The summed E-state index contributed by atoms with van der Waals surface area (Å²) in [5.74, 6) is 3.33. The van der Waals surface area contributed by atoms with Crippen molar-refractivity contribution in [2.75, 3.05) is 0 Å². The van der Waals surface area contributed by atoms with Crippen LogP contribution in [0.4, 0.5) is 0 Å². The molecule has 120 valence electrons. The second kappa shape index (κ2) is 5.24. The van der Waals surface area contributed by atoms with Crippen molar-refractivity contribution in [1.82, 2.24) is 25.1 Å². The van der Waals surface area contributed by atoms with Crippen LogP contribution in [-0.2, 0) is 0 Å². The van der Waals surface area contributed by atoms with E-state index in [0.29, 0.717) is 17.7 Å². The molecule has 0 spiro atoms. The molecule has 0 unspecified atom stereocenters. The summed E-state index contributed by atoms with van der Waals surface area (Å²) in [6.45, 7) is 2.20. The Morgan fingerprint density at radius 3 is 3.08 bits per heavy atom. The van der Waals surface area contributed by atoms with Crippen LogP contribution in [0.1, 0.15) is 31.6 Å². The van der Waals surface area contributed by atoms with Gasteiger partial charge in [0, 0.05) is 16.9 Å². The van der Waals surface area contributed by atoms with Gasteiger partial charge in [-0.25, -0.2) is 9.97 Å². The molecule has 0 radical (unpaired) electrons. The molecule has 1 aliphatic carbocycles. The number of aromatic amines is 1. The van der Waals surface area contributed by atoms with Crippen molar-refractivity contribution >= 4 is 22.4 Å². The van der Waals surface area contributed by atoms with Crippen molar-refractivity contribution < 1.29 is 4.52 Å². The lowest BCUT2D eigenvalue weighted by Gasteiger charge is -1.93. The number of nitrogens with one attached hydrogen (secondary N) is 1. The smallest absolute Gasteiger partial charge is 0.230 e. The van der Waals surface area contributed by atoms with Crippen LogP contribution in [0.2, 0.25) is 0 Å². The largest absolute Gasteiger partial charge is 0.339 e. The molecule has 0 saturated heterocycles. The van der Waals surface area contributed by atoms with E-state index >= 15 is 0 Å². The molecule has 1 fully saturated rings. The average molecular weight is 337 g/mol. The predicted octanol–water partition coefficient (Wildman–Crippen LogP) is 4.25. The Labute approximate surface area is 142 Å². The van der Waals surface area contributed by atoms with Crippen LogP contribution < -0.4 is 0 Å². The minimum atomic E-state index is 0.448. The lowest BCUT2D eigenvalue weighted by molar-refractivity contribution is 0.375. The van der Waals surface area contributed by atoms with Crippen molar-refractivity contribution in [3.8, 4) is 22.9 Å². The van der Waals surface area contributed by atoms with Crippen molar-refractivity contribution in [2.45, 2.75) is 25.7 Å². The lowest BCUT2D eigenvalue weighted by Crippen LogP contribution is -1.84. The molecule has 5 rings (SSSR count). The summed E-state index contributed by atoms with van der Waals surface area (Å²) in [7, 11) is 0. The lowest BCUT2D eigenvalue weighted by atomic mass is 10.2. The molecular weight excluding hydrogens is 322 g/mol. The Bertz CT molecular complexity index is 1000. The van der Waals surface area contributed by atoms with Crippen molar-refractivity contribution in [1.29, 1.82) is 0 Å². The molecule has 2 atom stereocenters. The molecule has 3 heterocycles. The van der Waals surface area contributed by atoms with Gasteiger partial charge in [0.25, 0.3) is 0 Å². The molecular formula is C17H15N5OS. The highest BCUT2D eigenvalue weighted by Crippen LogP contribution is 2.48. The number of benzene rings is 1. The number of hydrogen-bond donors (Lipinski definition) is 1. The monoisotopic (exact) mass is 337 g/mol. The van der Waals surface area contributed by atoms with E-state index in [-0.39, 0.29) is 0 Å². The molecule has 24 heavy (non-hydrogen) atoms. The van der Waals surface area contributed by atoms with Gasteiger partial charge in [-0.15, -0.1) is 11.3 Å². The molecule has 0 bridgehead atoms. The fourth-order valence-electron chi connectivity index (χ4n) is 3.10. The van der Waals surface area contributed by atoms with Gasteiger partial charge in [0.1, 0.15) is 5.69 Å². The first-order chi connectivity index (χ1) is 11.8. The van der Waals surface area contributed by atoms with E-state index in [1.807, 2.05) is 23.6 Å². The summed E-state index contributed by atoms with van der Waals surface area (Å²) in [5.41, 5.74) is 5.44. The Balaban J connectivity index is 1.49. The van der Waals surface area contributed by atoms with Crippen LogP contribution in [0.5, 0.6) is 0 Å². The maximum Gasteiger partial charge on any atom is 0.230 e. The summed E-state index contributed by atoms with van der Waals surface area (Å²) in [4.78, 5) is 16.8. The van der Waals surface area contributed by atoms with Gasteiger partial charge in [0.2, 0.25) is 11.7 Å². The van der Waals surface area contributed by atoms with Gasteiger partial charge in [-0.1, -0.05) is 18.5 Å². The second-order valence-corrected chi connectivity index (χ2v) is 6.88. The molecule has 0 aliphatic heterocycles. The van der Waals surface area contributed by atoms with Gasteiger partial charge in [0.05, 0.1) is 16.5 Å². The molecule has 1 aromatic carbocycles. The summed E-state index contributed by atoms with van der Waals surface area (Å²) in [5, 5.41) is 6.12. The Hall–Kier alpha value is -2.54. The van der Waals surface area contributed by atoms with E-state index in [2.05, 4.69) is 32.0 Å². The van der Waals surface area contributed by atoms with Gasteiger partial charge in [-0.2, -0.15) is 4.98 Å². The van der Waals surface area contributed by atoms with Crippen molar-refractivity contribution in [3.05, 3.63) is 35.0 Å². The summed E-state index contributed by atoms with van der Waals surface area (Å²) < 4.78 is 5.46. The van der Waals surface area contributed by atoms with Crippen LogP contribution in [-0.4, -0.2) is 25.1 Å². The zero-order valence-electron chi connectivity index (χ0n) is 13.1. The van der Waals surface area contributed by atoms with E-state index in [1.165, 1.54) is 6.42 Å². The summed E-state index contributed by atoms with van der Waals surface area (Å²) in [6.07, 6.45) is 2.33. The number of imidazole rings is 1. The number of thiazole rings is 1. The second-order valence-electron chi connectivity index (χ2n) is 6.16. The third kappa shape index (κ3) is 2.24. The zero-order chi connectivity index (χ0) is 16.1. The van der Waals surface area contributed by atoms with Gasteiger partial charge in [-0.05, 0) is 30.5 Å². The van der Waals surface area contributed by atoms with Crippen LogP contribution >= 0.6 is 11.3 Å². The number of nitrogens with zero attached hydrogens (tertiary/aromatic N) is 4. The first-order valence-corrected chi connectivity index (χ1v) is 8.98. The normalized spacial score (nSPS) is 19.9. The van der Waals surface area contributed by atoms with Crippen LogP contribution in [0.25, 0.3) is 33.9 Å². The molecule has 0 amide bonds. The van der Waals surface area contributed by atoms with E-state index < -0.39 is 0 Å². The first kappa shape index (κ1) is 13.9. The molecule has 1 N–H and O–H groups in total. The molecule has 1 saturated carbocycles. The fraction of sp³-hybridized carbons (Fsp3) is 0.294. The maximum atomic E-state index is 5.46. The van der Waals surface area contributed by atoms with Gasteiger partial charge < -0.3 is 9.51 Å². The fourth-order valence-corrected chi connectivity index (χ4v) is 3.64. The minimum Gasteiger partial charge on any atom is -0.339 e. The Morgan fingerprint density at radius 2 is 2.29 bits per heavy atom. The highest BCUT2D eigenvalue weighted by atomic mass is 32.1. The van der Waals surface area contributed by atoms with Crippen LogP contribution in [0.3, 0.4) is 0 Å². The number of H-pyrrole nitrogens is 1. The minimum absolute atomic E-state index is 0.448. The van der Waals surface area contributed by atoms with Gasteiger partial charge in [-0.3, -0.25) is 0 Å². The topological polar surface area (TPSA) is 80.5 Å². The molecule has 4 aromatic rings. The van der Waals surface area contributed by atoms with Crippen molar-refractivity contribution in [2.24, 2.45) is 5.92 Å². The Morgan fingerprint density at radius 1 is 1.33 bits per heavy atom. The third-order valence-electron chi connectivity index (χ3n) is 4.62. The van der Waals surface area contributed by atoms with E-state index in [1.54, 1.807) is 16.8 Å². The first-order valence-electron chi connectivity index (χ1n) is 8.04. The third-order valence-corrected chi connectivity index (χ3v) is 5.21. The summed E-state index contributed by atoms with van der Waals surface area (Å²) >= 11 is 1.55.